The molecule has 1 saturated heterocycles. The lowest BCUT2D eigenvalue weighted by atomic mass is 9.97. The van der Waals surface area contributed by atoms with Gasteiger partial charge in [-0.15, -0.1) is 6.42 Å². The molecular weight excluding hydrogens is 232 g/mol. The first-order valence-corrected chi connectivity index (χ1v) is 6.29. The van der Waals surface area contributed by atoms with Gasteiger partial charge in [0.15, 0.2) is 0 Å². The molecule has 1 N–H and O–H groups in total. The van der Waals surface area contributed by atoms with Gasteiger partial charge >= 0.3 is 12.0 Å². The molecule has 0 aromatic heterocycles. The average molecular weight is 250 g/mol. The van der Waals surface area contributed by atoms with Crippen LogP contribution in [-0.4, -0.2) is 53.1 Å². The number of carbonyl (C=O) groups excluding carboxylic acids is 1. The number of terminal acetylenes is 1. The topological polar surface area (TPSA) is 60.9 Å². The van der Waals surface area contributed by atoms with Crippen LogP contribution in [0.2, 0.25) is 0 Å². The van der Waals surface area contributed by atoms with Crippen LogP contribution in [0, 0.1) is 24.2 Å². The molecule has 0 atom stereocenters. The van der Waals surface area contributed by atoms with Crippen LogP contribution in [0.25, 0.3) is 0 Å². The summed E-state index contributed by atoms with van der Waals surface area (Å²) in [5, 5.41) is 8.65. The standard InChI is InChI=1S/C13H18N2O3/c1-2-5-14(7-10-3-4-10)13(18)15-8-11(9-15)6-12(16)17/h1,10-11H,3-9H2,(H,16,17). The minimum Gasteiger partial charge on any atom is -0.481 e. The fourth-order valence-corrected chi connectivity index (χ4v) is 2.23. The molecule has 1 heterocycles. The Balaban J connectivity index is 1.79. The minimum atomic E-state index is -0.800. The lowest BCUT2D eigenvalue weighted by Crippen LogP contribution is -2.55. The van der Waals surface area contributed by atoms with Crippen molar-refractivity contribution in [3.05, 3.63) is 0 Å². The molecule has 5 heteroatoms. The van der Waals surface area contributed by atoms with Gasteiger partial charge in [-0.25, -0.2) is 4.79 Å². The smallest absolute Gasteiger partial charge is 0.320 e. The number of carbonyl (C=O) groups is 2. The van der Waals surface area contributed by atoms with Crippen molar-refractivity contribution in [2.24, 2.45) is 11.8 Å². The molecule has 2 fully saturated rings. The molecule has 0 unspecified atom stereocenters. The van der Waals surface area contributed by atoms with Gasteiger partial charge in [-0.05, 0) is 18.8 Å². The van der Waals surface area contributed by atoms with E-state index < -0.39 is 5.97 Å². The number of carboxylic acid groups (broad SMARTS) is 1. The second-order valence-electron chi connectivity index (χ2n) is 5.18. The van der Waals surface area contributed by atoms with Crippen LogP contribution in [0.1, 0.15) is 19.3 Å². The van der Waals surface area contributed by atoms with Gasteiger partial charge in [-0.2, -0.15) is 0 Å². The van der Waals surface area contributed by atoms with E-state index >= 15 is 0 Å². The van der Waals surface area contributed by atoms with Gasteiger partial charge in [0.2, 0.25) is 0 Å². The maximum Gasteiger partial charge on any atom is 0.320 e. The Kier molecular flexibility index (Phi) is 3.75. The first kappa shape index (κ1) is 12.7. The summed E-state index contributed by atoms with van der Waals surface area (Å²) in [4.78, 5) is 26.0. The van der Waals surface area contributed by atoms with Crippen LogP contribution in [0.4, 0.5) is 4.79 Å². The van der Waals surface area contributed by atoms with Crippen LogP contribution in [-0.2, 0) is 4.79 Å². The number of likely N-dealkylation sites (tertiary alicyclic amines) is 1. The van der Waals surface area contributed by atoms with Crippen molar-refractivity contribution < 1.29 is 14.7 Å². The molecule has 5 nitrogen and oxygen atoms in total. The number of rotatable bonds is 5. The number of urea groups is 1. The molecule has 1 aliphatic heterocycles. The maximum atomic E-state index is 12.1. The van der Waals surface area contributed by atoms with E-state index in [0.717, 1.165) is 6.54 Å². The molecule has 0 aromatic carbocycles. The summed E-state index contributed by atoms with van der Waals surface area (Å²) < 4.78 is 0. The monoisotopic (exact) mass is 250 g/mol. The van der Waals surface area contributed by atoms with E-state index in [9.17, 15) is 9.59 Å². The van der Waals surface area contributed by atoms with Crippen molar-refractivity contribution in [2.45, 2.75) is 19.3 Å². The van der Waals surface area contributed by atoms with E-state index in [2.05, 4.69) is 5.92 Å². The highest BCUT2D eigenvalue weighted by atomic mass is 16.4. The number of amides is 2. The highest BCUT2D eigenvalue weighted by molar-refractivity contribution is 5.76. The van der Waals surface area contributed by atoms with E-state index in [1.807, 2.05) is 0 Å². The Hall–Kier alpha value is -1.70. The Bertz CT molecular complexity index is 378. The maximum absolute atomic E-state index is 12.1. The Morgan fingerprint density at radius 1 is 1.33 bits per heavy atom. The zero-order chi connectivity index (χ0) is 13.1. The fraction of sp³-hybridized carbons (Fsp3) is 0.692. The molecule has 18 heavy (non-hydrogen) atoms. The van der Waals surface area contributed by atoms with Gasteiger partial charge in [0.25, 0.3) is 0 Å². The van der Waals surface area contributed by atoms with Crippen LogP contribution in [0.15, 0.2) is 0 Å². The highest BCUT2D eigenvalue weighted by Gasteiger charge is 2.35. The largest absolute Gasteiger partial charge is 0.481 e. The quantitative estimate of drug-likeness (QED) is 0.736. The number of aliphatic carboxylic acids is 1. The van der Waals surface area contributed by atoms with Gasteiger partial charge in [0, 0.05) is 25.6 Å². The summed E-state index contributed by atoms with van der Waals surface area (Å²) in [7, 11) is 0. The van der Waals surface area contributed by atoms with Gasteiger partial charge in [0.05, 0.1) is 13.0 Å². The van der Waals surface area contributed by atoms with Crippen molar-refractivity contribution in [1.82, 2.24) is 9.80 Å². The Morgan fingerprint density at radius 2 is 2.00 bits per heavy atom. The van der Waals surface area contributed by atoms with Crippen LogP contribution in [0.5, 0.6) is 0 Å². The molecule has 2 rings (SSSR count). The molecule has 0 radical (unpaired) electrons. The van der Waals surface area contributed by atoms with E-state index in [1.54, 1.807) is 9.80 Å². The molecule has 2 amide bonds. The number of nitrogens with zero attached hydrogens (tertiary/aromatic N) is 2. The van der Waals surface area contributed by atoms with Gasteiger partial charge in [-0.3, -0.25) is 4.79 Å². The van der Waals surface area contributed by atoms with E-state index in [1.165, 1.54) is 12.8 Å². The van der Waals surface area contributed by atoms with Crippen molar-refractivity contribution in [3.8, 4) is 12.3 Å². The third-order valence-corrected chi connectivity index (χ3v) is 3.42. The number of carboxylic acids is 1. The summed E-state index contributed by atoms with van der Waals surface area (Å²) in [5.74, 6) is 2.42. The summed E-state index contributed by atoms with van der Waals surface area (Å²) in [5.41, 5.74) is 0. The number of hydrogen-bond donors (Lipinski definition) is 1. The second-order valence-corrected chi connectivity index (χ2v) is 5.18. The molecule has 98 valence electrons. The lowest BCUT2D eigenvalue weighted by molar-refractivity contribution is -0.139. The zero-order valence-corrected chi connectivity index (χ0v) is 10.3. The number of hydrogen-bond acceptors (Lipinski definition) is 2. The molecular formula is C13H18N2O3. The van der Waals surface area contributed by atoms with Crippen molar-refractivity contribution in [2.75, 3.05) is 26.2 Å². The van der Waals surface area contributed by atoms with Crippen LogP contribution < -0.4 is 0 Å². The zero-order valence-electron chi connectivity index (χ0n) is 10.3. The predicted molar refractivity (Wildman–Crippen MR) is 65.8 cm³/mol. The third kappa shape index (κ3) is 3.16. The fourth-order valence-electron chi connectivity index (χ4n) is 2.23. The first-order chi connectivity index (χ1) is 8.60. The second kappa shape index (κ2) is 5.30. The van der Waals surface area contributed by atoms with E-state index in [-0.39, 0.29) is 18.4 Å². The summed E-state index contributed by atoms with van der Waals surface area (Å²) in [6.07, 6.45) is 7.77. The molecule has 0 bridgehead atoms. The van der Waals surface area contributed by atoms with Gasteiger partial charge in [0.1, 0.15) is 0 Å². The average Bonchev–Trinajstić information content (AvgIpc) is 3.05. The van der Waals surface area contributed by atoms with Crippen molar-refractivity contribution in [3.63, 3.8) is 0 Å². The normalized spacial score (nSPS) is 18.9. The predicted octanol–water partition coefficient (Wildman–Crippen LogP) is 0.858. The molecule has 2 aliphatic rings. The van der Waals surface area contributed by atoms with Gasteiger partial charge < -0.3 is 14.9 Å². The molecule has 1 saturated carbocycles. The molecule has 1 aliphatic carbocycles. The van der Waals surface area contributed by atoms with Crippen LogP contribution in [0.3, 0.4) is 0 Å². The minimum absolute atomic E-state index is 0.0403. The first-order valence-electron chi connectivity index (χ1n) is 6.29. The third-order valence-electron chi connectivity index (χ3n) is 3.42. The lowest BCUT2D eigenvalue weighted by Gasteiger charge is -2.41. The Labute approximate surface area is 107 Å². The Morgan fingerprint density at radius 3 is 2.50 bits per heavy atom. The van der Waals surface area contributed by atoms with Crippen molar-refractivity contribution >= 4 is 12.0 Å². The molecule has 0 aromatic rings. The van der Waals surface area contributed by atoms with Gasteiger partial charge in [-0.1, -0.05) is 5.92 Å². The summed E-state index contributed by atoms with van der Waals surface area (Å²) >= 11 is 0. The summed E-state index contributed by atoms with van der Waals surface area (Å²) in [6.45, 7) is 2.16. The van der Waals surface area contributed by atoms with E-state index in [4.69, 9.17) is 11.5 Å². The SMILES string of the molecule is C#CCN(CC1CC1)C(=O)N1CC(CC(=O)O)C1. The van der Waals surface area contributed by atoms with E-state index in [0.29, 0.717) is 25.6 Å². The van der Waals surface area contributed by atoms with Crippen molar-refractivity contribution in [1.29, 1.82) is 0 Å². The highest BCUT2D eigenvalue weighted by Crippen LogP contribution is 2.30. The van der Waals surface area contributed by atoms with Crippen LogP contribution >= 0.6 is 0 Å². The summed E-state index contributed by atoms with van der Waals surface area (Å²) in [6, 6.07) is -0.0403. The molecule has 0 spiro atoms.